The van der Waals surface area contributed by atoms with Crippen LogP contribution in [0.15, 0.2) is 64.9 Å². The molecule has 0 fully saturated rings. The van der Waals surface area contributed by atoms with Crippen LogP contribution < -0.4 is 0 Å². The number of hydrogen-bond donors (Lipinski definition) is 0. The zero-order valence-electron chi connectivity index (χ0n) is 12.7. The molecular weight excluding hydrogens is 308 g/mol. The average molecular weight is 326 g/mol. The van der Waals surface area contributed by atoms with E-state index < -0.39 is 0 Å². The van der Waals surface area contributed by atoms with E-state index in [1.165, 1.54) is 4.88 Å². The Balaban J connectivity index is 1.65. The molecule has 0 bridgehead atoms. The van der Waals surface area contributed by atoms with Gasteiger partial charge in [0, 0.05) is 23.7 Å². The summed E-state index contributed by atoms with van der Waals surface area (Å²) in [5, 5.41) is 2.03. The first-order chi connectivity index (χ1) is 11.3. The number of rotatable bonds is 7. The lowest BCUT2D eigenvalue weighted by Crippen LogP contribution is -2.29. The third kappa shape index (κ3) is 4.53. The largest absolute Gasteiger partial charge is 0.467 e. The SMILES string of the molecule is O=C(CCc1ccncc1)N(Cc1ccco1)Cc1cccs1. The summed E-state index contributed by atoms with van der Waals surface area (Å²) in [5.74, 6) is 0.936. The van der Waals surface area contributed by atoms with E-state index in [4.69, 9.17) is 4.42 Å². The fraction of sp³-hybridized carbons (Fsp3) is 0.222. The molecule has 0 aliphatic heterocycles. The molecule has 3 heterocycles. The Morgan fingerprint density at radius 1 is 1.13 bits per heavy atom. The van der Waals surface area contributed by atoms with Gasteiger partial charge in [0.1, 0.15) is 5.76 Å². The second-order valence-electron chi connectivity index (χ2n) is 5.26. The number of carbonyl (C=O) groups is 1. The number of pyridine rings is 1. The zero-order chi connectivity index (χ0) is 15.9. The third-order valence-corrected chi connectivity index (χ3v) is 4.44. The van der Waals surface area contributed by atoms with Crippen LogP contribution in [0.4, 0.5) is 0 Å². The Morgan fingerprint density at radius 2 is 2.00 bits per heavy atom. The highest BCUT2D eigenvalue weighted by Crippen LogP contribution is 2.16. The van der Waals surface area contributed by atoms with E-state index in [1.54, 1.807) is 30.0 Å². The normalized spacial score (nSPS) is 10.6. The van der Waals surface area contributed by atoms with Crippen LogP contribution in [-0.4, -0.2) is 15.8 Å². The molecule has 0 atom stereocenters. The van der Waals surface area contributed by atoms with Crippen LogP contribution in [0.3, 0.4) is 0 Å². The summed E-state index contributed by atoms with van der Waals surface area (Å²) >= 11 is 1.66. The quantitative estimate of drug-likeness (QED) is 0.661. The maximum atomic E-state index is 12.6. The molecule has 0 aromatic carbocycles. The minimum absolute atomic E-state index is 0.131. The van der Waals surface area contributed by atoms with Crippen LogP contribution >= 0.6 is 11.3 Å². The molecule has 0 saturated heterocycles. The van der Waals surface area contributed by atoms with Gasteiger partial charge in [0.25, 0.3) is 0 Å². The number of nitrogens with zero attached hydrogens (tertiary/aromatic N) is 2. The summed E-state index contributed by atoms with van der Waals surface area (Å²) in [6.07, 6.45) is 6.36. The van der Waals surface area contributed by atoms with Crippen molar-refractivity contribution in [3.8, 4) is 0 Å². The highest BCUT2D eigenvalue weighted by Gasteiger charge is 2.16. The number of aromatic nitrogens is 1. The summed E-state index contributed by atoms with van der Waals surface area (Å²) in [6, 6.07) is 11.7. The van der Waals surface area contributed by atoms with Crippen molar-refractivity contribution in [2.24, 2.45) is 0 Å². The van der Waals surface area contributed by atoms with Crippen molar-refractivity contribution in [3.63, 3.8) is 0 Å². The van der Waals surface area contributed by atoms with Crippen molar-refractivity contribution in [3.05, 3.63) is 76.6 Å². The molecule has 0 aliphatic rings. The summed E-state index contributed by atoms with van der Waals surface area (Å²) in [5.41, 5.74) is 1.13. The van der Waals surface area contributed by atoms with Crippen LogP contribution in [0.2, 0.25) is 0 Å². The smallest absolute Gasteiger partial charge is 0.223 e. The summed E-state index contributed by atoms with van der Waals surface area (Å²) in [4.78, 5) is 19.7. The highest BCUT2D eigenvalue weighted by atomic mass is 32.1. The number of furan rings is 1. The maximum Gasteiger partial charge on any atom is 0.223 e. The van der Waals surface area contributed by atoms with Crippen molar-refractivity contribution in [2.75, 3.05) is 0 Å². The van der Waals surface area contributed by atoms with Crippen LogP contribution in [0.5, 0.6) is 0 Å². The van der Waals surface area contributed by atoms with Gasteiger partial charge in [0.2, 0.25) is 5.91 Å². The second kappa shape index (κ2) is 7.74. The Bertz CT molecular complexity index is 673. The Morgan fingerprint density at radius 3 is 2.70 bits per heavy atom. The van der Waals surface area contributed by atoms with Crippen molar-refractivity contribution >= 4 is 17.2 Å². The van der Waals surface area contributed by atoms with Gasteiger partial charge in [-0.05, 0) is 47.7 Å². The topological polar surface area (TPSA) is 46.3 Å². The van der Waals surface area contributed by atoms with Gasteiger partial charge in [-0.3, -0.25) is 9.78 Å². The van der Waals surface area contributed by atoms with E-state index in [1.807, 2.05) is 40.6 Å². The molecule has 0 unspecified atom stereocenters. The van der Waals surface area contributed by atoms with Gasteiger partial charge in [-0.1, -0.05) is 6.07 Å². The second-order valence-corrected chi connectivity index (χ2v) is 6.30. The predicted octanol–water partition coefficient (Wildman–Crippen LogP) is 3.90. The van der Waals surface area contributed by atoms with Crippen molar-refractivity contribution < 1.29 is 9.21 Å². The van der Waals surface area contributed by atoms with Gasteiger partial charge in [-0.25, -0.2) is 0 Å². The molecule has 3 rings (SSSR count). The predicted molar refractivity (Wildman–Crippen MR) is 89.8 cm³/mol. The van der Waals surface area contributed by atoms with E-state index in [9.17, 15) is 4.79 Å². The minimum atomic E-state index is 0.131. The molecule has 0 aliphatic carbocycles. The molecule has 0 saturated carbocycles. The van der Waals surface area contributed by atoms with Gasteiger partial charge in [0.05, 0.1) is 19.4 Å². The van der Waals surface area contributed by atoms with Gasteiger partial charge in [-0.2, -0.15) is 0 Å². The van der Waals surface area contributed by atoms with Crippen molar-refractivity contribution in [1.82, 2.24) is 9.88 Å². The molecule has 3 aromatic rings. The van der Waals surface area contributed by atoms with Gasteiger partial charge in [0.15, 0.2) is 0 Å². The fourth-order valence-electron chi connectivity index (χ4n) is 2.37. The Labute approximate surface area is 139 Å². The fourth-order valence-corrected chi connectivity index (χ4v) is 3.09. The highest BCUT2D eigenvalue weighted by molar-refractivity contribution is 7.09. The molecule has 0 N–H and O–H groups in total. The first kappa shape index (κ1) is 15.5. The van der Waals surface area contributed by atoms with Crippen molar-refractivity contribution in [2.45, 2.75) is 25.9 Å². The molecular formula is C18H18N2O2S. The van der Waals surface area contributed by atoms with Crippen LogP contribution in [0.25, 0.3) is 0 Å². The number of thiophene rings is 1. The first-order valence-corrected chi connectivity index (χ1v) is 8.40. The maximum absolute atomic E-state index is 12.6. The van der Waals surface area contributed by atoms with Gasteiger partial charge in [-0.15, -0.1) is 11.3 Å². The van der Waals surface area contributed by atoms with E-state index in [0.29, 0.717) is 19.5 Å². The lowest BCUT2D eigenvalue weighted by molar-refractivity contribution is -0.132. The Kier molecular flexibility index (Phi) is 5.21. The molecule has 3 aromatic heterocycles. The lowest BCUT2D eigenvalue weighted by atomic mass is 10.1. The number of aryl methyl sites for hydroxylation is 1. The van der Waals surface area contributed by atoms with Crippen LogP contribution in [-0.2, 0) is 24.3 Å². The molecule has 1 amide bonds. The molecule has 5 heteroatoms. The average Bonchev–Trinajstić information content (AvgIpc) is 3.27. The molecule has 118 valence electrons. The van der Waals surface area contributed by atoms with E-state index in [0.717, 1.165) is 17.7 Å². The van der Waals surface area contributed by atoms with Crippen LogP contribution in [0.1, 0.15) is 22.6 Å². The summed E-state index contributed by atoms with van der Waals surface area (Å²) < 4.78 is 5.40. The standard InChI is InChI=1S/C18H18N2O2S/c21-18(6-5-15-7-9-19-10-8-15)20(13-16-3-1-11-22-16)14-17-4-2-12-23-17/h1-4,7-12H,5-6,13-14H2. The lowest BCUT2D eigenvalue weighted by Gasteiger charge is -2.21. The molecule has 23 heavy (non-hydrogen) atoms. The third-order valence-electron chi connectivity index (χ3n) is 3.58. The molecule has 0 radical (unpaired) electrons. The summed E-state index contributed by atoms with van der Waals surface area (Å²) in [6.45, 7) is 1.12. The molecule has 0 spiro atoms. The van der Waals surface area contributed by atoms with E-state index in [-0.39, 0.29) is 5.91 Å². The molecule has 4 nitrogen and oxygen atoms in total. The van der Waals surface area contributed by atoms with E-state index in [2.05, 4.69) is 11.1 Å². The number of hydrogen-bond acceptors (Lipinski definition) is 4. The van der Waals surface area contributed by atoms with E-state index >= 15 is 0 Å². The number of carbonyl (C=O) groups excluding carboxylic acids is 1. The van der Waals surface area contributed by atoms with Gasteiger partial charge < -0.3 is 9.32 Å². The zero-order valence-corrected chi connectivity index (χ0v) is 13.5. The first-order valence-electron chi connectivity index (χ1n) is 7.53. The van der Waals surface area contributed by atoms with Gasteiger partial charge >= 0.3 is 0 Å². The minimum Gasteiger partial charge on any atom is -0.467 e. The number of amides is 1. The monoisotopic (exact) mass is 326 g/mol. The Hall–Kier alpha value is -2.40. The summed E-state index contributed by atoms with van der Waals surface area (Å²) in [7, 11) is 0. The van der Waals surface area contributed by atoms with Crippen LogP contribution in [0, 0.1) is 0 Å². The van der Waals surface area contributed by atoms with Crippen molar-refractivity contribution in [1.29, 1.82) is 0 Å².